The Kier molecular flexibility index (Phi) is 3.60. The molecule has 2 N–H and O–H groups in total. The second kappa shape index (κ2) is 5.58. The van der Waals surface area contributed by atoms with Gasteiger partial charge in [-0.25, -0.2) is 0 Å². The number of aromatic hydroxyl groups is 2. The van der Waals surface area contributed by atoms with Gasteiger partial charge in [0.2, 0.25) is 0 Å². The summed E-state index contributed by atoms with van der Waals surface area (Å²) < 4.78 is 12.2. The Balaban J connectivity index is 1.66. The predicted molar refractivity (Wildman–Crippen MR) is 95.9 cm³/mol. The van der Waals surface area contributed by atoms with Crippen LogP contribution in [0.1, 0.15) is 48.4 Å². The lowest BCUT2D eigenvalue weighted by Crippen LogP contribution is -2.33. The number of benzene rings is 2. The van der Waals surface area contributed by atoms with Gasteiger partial charge in [0, 0.05) is 22.6 Å². The van der Waals surface area contributed by atoms with Crippen molar-refractivity contribution in [2.45, 2.75) is 51.6 Å². The summed E-state index contributed by atoms with van der Waals surface area (Å²) in [7, 11) is 0. The van der Waals surface area contributed by atoms with Crippen molar-refractivity contribution in [1.82, 2.24) is 0 Å². The number of ether oxygens (including phenoxy) is 2. The van der Waals surface area contributed by atoms with E-state index in [0.717, 1.165) is 41.9 Å². The van der Waals surface area contributed by atoms with Gasteiger partial charge in [-0.05, 0) is 57.7 Å². The monoisotopic (exact) mass is 340 g/mol. The van der Waals surface area contributed by atoms with Gasteiger partial charge < -0.3 is 19.7 Å². The normalized spacial score (nSPS) is 20.8. The van der Waals surface area contributed by atoms with Gasteiger partial charge in [-0.15, -0.1) is 0 Å². The molecule has 0 saturated carbocycles. The Morgan fingerprint density at radius 1 is 1.12 bits per heavy atom. The molecule has 25 heavy (non-hydrogen) atoms. The summed E-state index contributed by atoms with van der Waals surface area (Å²) >= 11 is 0. The Hall–Kier alpha value is -2.36. The molecule has 0 saturated heterocycles. The fourth-order valence-electron chi connectivity index (χ4n) is 3.85. The van der Waals surface area contributed by atoms with Crippen LogP contribution in [0.25, 0.3) is 0 Å². The van der Waals surface area contributed by atoms with Gasteiger partial charge in [0.15, 0.2) is 0 Å². The van der Waals surface area contributed by atoms with Gasteiger partial charge in [-0.1, -0.05) is 12.1 Å². The Morgan fingerprint density at radius 3 is 2.72 bits per heavy atom. The van der Waals surface area contributed by atoms with Crippen LogP contribution in [0, 0.1) is 6.92 Å². The quantitative estimate of drug-likeness (QED) is 0.816. The van der Waals surface area contributed by atoms with Gasteiger partial charge in [0.05, 0.1) is 6.61 Å². The second-order valence-corrected chi connectivity index (χ2v) is 7.75. The minimum absolute atomic E-state index is 0.0748. The van der Waals surface area contributed by atoms with Crippen molar-refractivity contribution in [3.63, 3.8) is 0 Å². The minimum atomic E-state index is -0.131. The van der Waals surface area contributed by atoms with Crippen LogP contribution < -0.4 is 9.47 Å². The van der Waals surface area contributed by atoms with Gasteiger partial charge >= 0.3 is 0 Å². The zero-order valence-corrected chi connectivity index (χ0v) is 14.9. The van der Waals surface area contributed by atoms with Crippen molar-refractivity contribution in [2.24, 2.45) is 0 Å². The molecule has 4 heteroatoms. The Bertz CT molecular complexity index is 838. The maximum Gasteiger partial charge on any atom is 0.129 e. The van der Waals surface area contributed by atoms with Gasteiger partial charge in [-0.2, -0.15) is 0 Å². The maximum atomic E-state index is 10.4. The average Bonchev–Trinajstić information content (AvgIpc) is 2.58. The van der Waals surface area contributed by atoms with Crippen LogP contribution in [0.2, 0.25) is 0 Å². The summed E-state index contributed by atoms with van der Waals surface area (Å²) in [5.41, 5.74) is 3.54. The Labute approximate surface area is 148 Å². The van der Waals surface area contributed by atoms with E-state index in [0.29, 0.717) is 12.2 Å². The first-order chi connectivity index (χ1) is 11.9. The maximum absolute atomic E-state index is 10.4. The molecular formula is C21H24O4. The molecular weight excluding hydrogens is 316 g/mol. The molecule has 4 rings (SSSR count). The molecule has 2 aromatic rings. The average molecular weight is 340 g/mol. The minimum Gasteiger partial charge on any atom is -0.508 e. The second-order valence-electron chi connectivity index (χ2n) is 7.75. The summed E-state index contributed by atoms with van der Waals surface area (Å²) in [6, 6.07) is 7.55. The zero-order chi connectivity index (χ0) is 17.8. The van der Waals surface area contributed by atoms with Crippen LogP contribution in [-0.4, -0.2) is 22.4 Å². The molecule has 0 radical (unpaired) electrons. The van der Waals surface area contributed by atoms with E-state index in [2.05, 4.69) is 19.9 Å². The van der Waals surface area contributed by atoms with Crippen molar-refractivity contribution < 1.29 is 19.7 Å². The SMILES string of the molecule is Cc1c(O)ccc(C2COc3c(ccc4c3CCC(C)(C)O4)C2)c1O. The molecule has 1 unspecified atom stereocenters. The summed E-state index contributed by atoms with van der Waals surface area (Å²) in [6.45, 7) is 6.47. The molecule has 0 bridgehead atoms. The van der Waals surface area contributed by atoms with Crippen LogP contribution >= 0.6 is 0 Å². The van der Waals surface area contributed by atoms with E-state index in [9.17, 15) is 10.2 Å². The van der Waals surface area contributed by atoms with Crippen LogP contribution in [0.5, 0.6) is 23.0 Å². The molecule has 2 aliphatic rings. The third-order valence-corrected chi connectivity index (χ3v) is 5.43. The number of hydrogen-bond donors (Lipinski definition) is 2. The molecule has 2 aromatic carbocycles. The van der Waals surface area contributed by atoms with E-state index in [1.165, 1.54) is 5.56 Å². The number of phenols is 2. The molecule has 2 heterocycles. The standard InChI is InChI=1S/C21H24O4/c1-12-17(22)6-5-15(19(12)23)14-10-13-4-7-18-16(20(13)24-11-14)8-9-21(2,3)25-18/h4-7,14,22-23H,8-11H2,1-3H3. The van der Waals surface area contributed by atoms with Crippen LogP contribution in [0.4, 0.5) is 0 Å². The van der Waals surface area contributed by atoms with E-state index in [4.69, 9.17) is 9.47 Å². The molecule has 0 aromatic heterocycles. The van der Waals surface area contributed by atoms with E-state index in [1.807, 2.05) is 6.07 Å². The fourth-order valence-corrected chi connectivity index (χ4v) is 3.85. The topological polar surface area (TPSA) is 58.9 Å². The summed E-state index contributed by atoms with van der Waals surface area (Å²) in [5.74, 6) is 2.24. The number of hydrogen-bond acceptors (Lipinski definition) is 4. The van der Waals surface area contributed by atoms with Crippen molar-refractivity contribution in [3.05, 3.63) is 46.5 Å². The summed E-state index contributed by atoms with van der Waals surface area (Å²) in [6.07, 6.45) is 2.74. The fraction of sp³-hybridized carbons (Fsp3) is 0.429. The van der Waals surface area contributed by atoms with E-state index >= 15 is 0 Å². The van der Waals surface area contributed by atoms with Crippen molar-refractivity contribution in [2.75, 3.05) is 6.61 Å². The molecule has 4 nitrogen and oxygen atoms in total. The highest BCUT2D eigenvalue weighted by Crippen LogP contribution is 2.45. The Morgan fingerprint density at radius 2 is 1.92 bits per heavy atom. The van der Waals surface area contributed by atoms with Crippen molar-refractivity contribution in [1.29, 1.82) is 0 Å². The van der Waals surface area contributed by atoms with E-state index in [-0.39, 0.29) is 23.0 Å². The number of fused-ring (bicyclic) bond motifs is 3. The van der Waals surface area contributed by atoms with Crippen molar-refractivity contribution in [3.8, 4) is 23.0 Å². The molecule has 132 valence electrons. The predicted octanol–water partition coefficient (Wildman–Crippen LogP) is 4.23. The smallest absolute Gasteiger partial charge is 0.129 e. The lowest BCUT2D eigenvalue weighted by molar-refractivity contribution is 0.0826. The molecule has 1 atom stereocenters. The number of rotatable bonds is 1. The highest BCUT2D eigenvalue weighted by Gasteiger charge is 2.32. The molecule has 0 spiro atoms. The molecule has 0 aliphatic carbocycles. The number of phenolic OH excluding ortho intramolecular Hbond substituents is 2. The largest absolute Gasteiger partial charge is 0.508 e. The third-order valence-electron chi connectivity index (χ3n) is 5.43. The van der Waals surface area contributed by atoms with Crippen molar-refractivity contribution >= 4 is 0 Å². The third kappa shape index (κ3) is 2.70. The van der Waals surface area contributed by atoms with Crippen LogP contribution in [0.15, 0.2) is 24.3 Å². The molecule has 0 amide bonds. The summed E-state index contributed by atoms with van der Waals surface area (Å²) in [4.78, 5) is 0. The highest BCUT2D eigenvalue weighted by atomic mass is 16.5. The first-order valence-electron chi connectivity index (χ1n) is 8.84. The first kappa shape index (κ1) is 16.1. The zero-order valence-electron chi connectivity index (χ0n) is 14.9. The van der Waals surface area contributed by atoms with E-state index in [1.54, 1.807) is 19.1 Å². The van der Waals surface area contributed by atoms with Gasteiger partial charge in [0.1, 0.15) is 28.6 Å². The van der Waals surface area contributed by atoms with Gasteiger partial charge in [0.25, 0.3) is 0 Å². The van der Waals surface area contributed by atoms with E-state index < -0.39 is 0 Å². The lowest BCUT2D eigenvalue weighted by atomic mass is 9.85. The highest BCUT2D eigenvalue weighted by molar-refractivity contribution is 5.55. The first-order valence-corrected chi connectivity index (χ1v) is 8.84. The van der Waals surface area contributed by atoms with Gasteiger partial charge in [-0.3, -0.25) is 0 Å². The molecule has 2 aliphatic heterocycles. The van der Waals surface area contributed by atoms with Crippen LogP contribution in [0.3, 0.4) is 0 Å². The lowest BCUT2D eigenvalue weighted by Gasteiger charge is -2.35. The molecule has 0 fully saturated rings. The van der Waals surface area contributed by atoms with Crippen LogP contribution in [-0.2, 0) is 12.8 Å². The summed E-state index contributed by atoms with van der Waals surface area (Å²) in [5, 5.41) is 20.1.